The van der Waals surface area contributed by atoms with Crippen molar-refractivity contribution in [2.75, 3.05) is 39.8 Å². The van der Waals surface area contributed by atoms with E-state index in [-0.39, 0.29) is 35.6 Å². The van der Waals surface area contributed by atoms with E-state index >= 15 is 0 Å². The monoisotopic (exact) mass is 383 g/mol. The van der Waals surface area contributed by atoms with Gasteiger partial charge in [-0.15, -0.1) is 0 Å². The lowest BCUT2D eigenvalue weighted by Crippen LogP contribution is -2.52. The Morgan fingerprint density at radius 3 is 2.46 bits per heavy atom. The largest absolute Gasteiger partial charge is 0.345 e. The molecule has 0 saturated carbocycles. The van der Waals surface area contributed by atoms with E-state index in [9.17, 15) is 14.4 Å². The van der Waals surface area contributed by atoms with Crippen LogP contribution in [0, 0.1) is 5.41 Å². The Bertz CT molecular complexity index is 756. The molecule has 1 aromatic carbocycles. The third kappa shape index (κ3) is 3.77. The van der Waals surface area contributed by atoms with Crippen molar-refractivity contribution in [3.8, 4) is 0 Å². The number of nitrogens with zero attached hydrogens (tertiary/aromatic N) is 3. The van der Waals surface area contributed by atoms with Crippen molar-refractivity contribution in [3.63, 3.8) is 0 Å². The van der Waals surface area contributed by atoms with Gasteiger partial charge in [-0.2, -0.15) is 0 Å². The molecule has 0 aromatic heterocycles. The molecule has 4 rings (SSSR count). The first kappa shape index (κ1) is 19.0. The van der Waals surface area contributed by atoms with Crippen molar-refractivity contribution in [1.82, 2.24) is 14.7 Å². The number of hydrogen-bond acceptors (Lipinski definition) is 3. The van der Waals surface area contributed by atoms with Crippen LogP contribution in [0.3, 0.4) is 0 Å². The van der Waals surface area contributed by atoms with Crippen molar-refractivity contribution in [3.05, 3.63) is 35.9 Å². The van der Waals surface area contributed by atoms with Crippen LogP contribution >= 0.6 is 0 Å². The van der Waals surface area contributed by atoms with Crippen LogP contribution in [0.15, 0.2) is 30.3 Å². The van der Waals surface area contributed by atoms with Crippen LogP contribution in [0.5, 0.6) is 0 Å². The zero-order chi connectivity index (χ0) is 19.7. The summed E-state index contributed by atoms with van der Waals surface area (Å²) in [6.07, 6.45) is 3.92. The third-order valence-electron chi connectivity index (χ3n) is 6.86. The van der Waals surface area contributed by atoms with Crippen LogP contribution in [0.1, 0.15) is 43.6 Å². The number of carbonyl (C=O) groups excluding carboxylic acids is 3. The van der Waals surface area contributed by atoms with Crippen molar-refractivity contribution < 1.29 is 14.4 Å². The summed E-state index contributed by atoms with van der Waals surface area (Å²) in [5.74, 6) is 0.534. The second-order valence-corrected chi connectivity index (χ2v) is 8.72. The Labute approximate surface area is 166 Å². The summed E-state index contributed by atoms with van der Waals surface area (Å²) in [6.45, 7) is 3.07. The number of piperidine rings is 2. The predicted octanol–water partition coefficient (Wildman–Crippen LogP) is 1.86. The van der Waals surface area contributed by atoms with Gasteiger partial charge in [-0.25, -0.2) is 0 Å². The molecule has 150 valence electrons. The zero-order valence-electron chi connectivity index (χ0n) is 16.6. The maximum absolute atomic E-state index is 12.8. The van der Waals surface area contributed by atoms with Gasteiger partial charge in [-0.3, -0.25) is 14.4 Å². The highest BCUT2D eigenvalue weighted by molar-refractivity contribution is 5.86. The van der Waals surface area contributed by atoms with Crippen LogP contribution in [-0.4, -0.2) is 72.2 Å². The first-order chi connectivity index (χ1) is 13.5. The van der Waals surface area contributed by atoms with Gasteiger partial charge in [0.25, 0.3) is 0 Å². The summed E-state index contributed by atoms with van der Waals surface area (Å²) in [6, 6.07) is 10.1. The predicted molar refractivity (Wildman–Crippen MR) is 105 cm³/mol. The van der Waals surface area contributed by atoms with E-state index in [1.165, 1.54) is 5.56 Å². The molecule has 3 amide bonds. The van der Waals surface area contributed by atoms with Gasteiger partial charge >= 0.3 is 0 Å². The standard InChI is InChI=1S/C22H29N3O3/c1-23-16-22(8-7-19(23)26)9-11-24(12-10-22)21(28)15-25-14-18(13-20(25)27)17-5-3-2-4-6-17/h2-6,18H,7-16H2,1H3/t18-/m1/s1. The Kier molecular flexibility index (Phi) is 5.13. The molecule has 3 aliphatic rings. The summed E-state index contributed by atoms with van der Waals surface area (Å²) >= 11 is 0. The summed E-state index contributed by atoms with van der Waals surface area (Å²) in [4.78, 5) is 42.4. The van der Waals surface area contributed by atoms with Gasteiger partial charge in [0, 0.05) is 52.0 Å². The van der Waals surface area contributed by atoms with Crippen molar-refractivity contribution >= 4 is 17.7 Å². The lowest BCUT2D eigenvalue weighted by Gasteiger charge is -2.46. The second-order valence-electron chi connectivity index (χ2n) is 8.72. The fraction of sp³-hybridized carbons (Fsp3) is 0.591. The van der Waals surface area contributed by atoms with Gasteiger partial charge in [0.15, 0.2) is 0 Å². The van der Waals surface area contributed by atoms with E-state index in [1.54, 1.807) is 4.90 Å². The van der Waals surface area contributed by atoms with E-state index in [0.29, 0.717) is 19.4 Å². The SMILES string of the molecule is CN1CC2(CCC1=O)CCN(C(=O)CN1C[C@H](c3ccccc3)CC1=O)CC2. The first-order valence-electron chi connectivity index (χ1n) is 10.3. The van der Waals surface area contributed by atoms with E-state index in [4.69, 9.17) is 0 Å². The molecule has 3 saturated heterocycles. The fourth-order valence-corrected chi connectivity index (χ4v) is 5.01. The van der Waals surface area contributed by atoms with Crippen LogP contribution in [0.2, 0.25) is 0 Å². The number of likely N-dealkylation sites (tertiary alicyclic amines) is 3. The smallest absolute Gasteiger partial charge is 0.242 e. The Hall–Kier alpha value is -2.37. The van der Waals surface area contributed by atoms with Gasteiger partial charge in [0.2, 0.25) is 17.7 Å². The number of carbonyl (C=O) groups is 3. The third-order valence-corrected chi connectivity index (χ3v) is 6.86. The maximum atomic E-state index is 12.8. The molecule has 0 N–H and O–H groups in total. The summed E-state index contributed by atoms with van der Waals surface area (Å²) in [7, 11) is 1.88. The maximum Gasteiger partial charge on any atom is 0.242 e. The summed E-state index contributed by atoms with van der Waals surface area (Å²) in [5.41, 5.74) is 1.34. The van der Waals surface area contributed by atoms with Gasteiger partial charge in [0.1, 0.15) is 0 Å². The molecule has 3 aliphatic heterocycles. The van der Waals surface area contributed by atoms with Crippen LogP contribution < -0.4 is 0 Å². The molecular weight excluding hydrogens is 354 g/mol. The van der Waals surface area contributed by atoms with Crippen molar-refractivity contribution in [2.45, 2.75) is 38.0 Å². The topological polar surface area (TPSA) is 60.9 Å². The quantitative estimate of drug-likeness (QED) is 0.801. The Morgan fingerprint density at radius 1 is 1.07 bits per heavy atom. The normalized spacial score (nSPS) is 24.9. The lowest BCUT2D eigenvalue weighted by atomic mass is 9.72. The average Bonchev–Trinajstić information content (AvgIpc) is 3.07. The van der Waals surface area contributed by atoms with Crippen LogP contribution in [-0.2, 0) is 14.4 Å². The molecule has 6 heteroatoms. The van der Waals surface area contributed by atoms with E-state index in [0.717, 1.165) is 38.9 Å². The zero-order valence-corrected chi connectivity index (χ0v) is 16.6. The molecule has 1 atom stereocenters. The number of rotatable bonds is 3. The summed E-state index contributed by atoms with van der Waals surface area (Å²) in [5, 5.41) is 0. The minimum Gasteiger partial charge on any atom is -0.345 e. The van der Waals surface area contributed by atoms with Gasteiger partial charge in [-0.1, -0.05) is 30.3 Å². The fourth-order valence-electron chi connectivity index (χ4n) is 5.01. The molecule has 6 nitrogen and oxygen atoms in total. The van der Waals surface area contributed by atoms with Crippen molar-refractivity contribution in [1.29, 1.82) is 0 Å². The number of benzene rings is 1. The molecule has 3 fully saturated rings. The average molecular weight is 383 g/mol. The molecule has 0 aliphatic carbocycles. The van der Waals surface area contributed by atoms with Gasteiger partial charge in [-0.05, 0) is 30.2 Å². The van der Waals surface area contributed by atoms with Crippen LogP contribution in [0.4, 0.5) is 0 Å². The molecule has 0 unspecified atom stereocenters. The van der Waals surface area contributed by atoms with Gasteiger partial charge < -0.3 is 14.7 Å². The van der Waals surface area contributed by atoms with E-state index in [2.05, 4.69) is 12.1 Å². The van der Waals surface area contributed by atoms with Crippen molar-refractivity contribution in [2.24, 2.45) is 5.41 Å². The number of hydrogen-bond donors (Lipinski definition) is 0. The molecule has 0 bridgehead atoms. The molecular formula is C22H29N3O3. The molecule has 1 aromatic rings. The van der Waals surface area contributed by atoms with Crippen LogP contribution in [0.25, 0.3) is 0 Å². The molecule has 28 heavy (non-hydrogen) atoms. The highest BCUT2D eigenvalue weighted by Crippen LogP contribution is 2.39. The molecule has 1 spiro atoms. The molecule has 0 radical (unpaired) electrons. The van der Waals surface area contributed by atoms with E-state index < -0.39 is 0 Å². The highest BCUT2D eigenvalue weighted by Gasteiger charge is 2.41. The van der Waals surface area contributed by atoms with Gasteiger partial charge in [0.05, 0.1) is 6.54 Å². The summed E-state index contributed by atoms with van der Waals surface area (Å²) < 4.78 is 0. The Balaban J connectivity index is 1.30. The highest BCUT2D eigenvalue weighted by atomic mass is 16.2. The minimum atomic E-state index is 0.0529. The van der Waals surface area contributed by atoms with E-state index in [1.807, 2.05) is 35.0 Å². The molecule has 3 heterocycles. The first-order valence-corrected chi connectivity index (χ1v) is 10.3. The lowest BCUT2D eigenvalue weighted by molar-refractivity contribution is -0.143. The number of amides is 3. The minimum absolute atomic E-state index is 0.0529. The Morgan fingerprint density at radius 2 is 1.79 bits per heavy atom. The second kappa shape index (κ2) is 7.57.